The largest absolute Gasteiger partial charge is 0.436 e. The van der Waals surface area contributed by atoms with Crippen LogP contribution in [0.1, 0.15) is 0 Å². The van der Waals surface area contributed by atoms with Crippen molar-refractivity contribution < 1.29 is 4.42 Å². The highest BCUT2D eigenvalue weighted by molar-refractivity contribution is 6.17. The second-order valence-electron chi connectivity index (χ2n) is 14.4. The lowest BCUT2D eigenvalue weighted by Gasteiger charge is -2.27. The van der Waals surface area contributed by atoms with Crippen molar-refractivity contribution >= 4 is 60.7 Å². The van der Waals surface area contributed by atoms with Gasteiger partial charge in [-0.3, -0.25) is 0 Å². The van der Waals surface area contributed by atoms with Crippen LogP contribution in [0.5, 0.6) is 0 Å². The molecule has 0 aliphatic carbocycles. The van der Waals surface area contributed by atoms with E-state index in [9.17, 15) is 0 Å². The monoisotopic (exact) mass is 729 g/mol. The van der Waals surface area contributed by atoms with Gasteiger partial charge in [0, 0.05) is 38.8 Å². The van der Waals surface area contributed by atoms with Crippen molar-refractivity contribution in [2.24, 2.45) is 0 Å². The Morgan fingerprint density at radius 2 is 1.02 bits per heavy atom. The quantitative estimate of drug-likeness (QED) is 0.164. The van der Waals surface area contributed by atoms with E-state index >= 15 is 0 Å². The molecule has 0 saturated carbocycles. The lowest BCUT2D eigenvalue weighted by Crippen LogP contribution is -2.10. The number of benzene rings is 9. The lowest BCUT2D eigenvalue weighted by molar-refractivity contribution is 0.620. The van der Waals surface area contributed by atoms with E-state index in [4.69, 9.17) is 9.40 Å². The standard InChI is InChI=1S/C53H35N3O/c1-4-14-36(15-5-1)37-26-31-42(32-27-37)55(47-24-13-25-48-51(47)45-21-10-11-23-46(45)56(48)41-19-8-3-9-20-41)43-33-28-38(29-34-43)44-22-12-18-39-30-35-49-52(50(39)44)54-53(57-49)40-16-6-2-7-17-40/h1-35H. The van der Waals surface area contributed by atoms with Gasteiger partial charge < -0.3 is 13.9 Å². The summed E-state index contributed by atoms with van der Waals surface area (Å²) in [6.45, 7) is 0. The van der Waals surface area contributed by atoms with E-state index in [0.717, 1.165) is 66.8 Å². The molecule has 0 fully saturated rings. The number of oxazole rings is 1. The summed E-state index contributed by atoms with van der Waals surface area (Å²) in [4.78, 5) is 7.45. The summed E-state index contributed by atoms with van der Waals surface area (Å²) in [6.07, 6.45) is 0. The number of nitrogens with zero attached hydrogens (tertiary/aromatic N) is 3. The van der Waals surface area contributed by atoms with Gasteiger partial charge in [-0.25, -0.2) is 4.98 Å². The minimum atomic E-state index is 0.625. The summed E-state index contributed by atoms with van der Waals surface area (Å²) >= 11 is 0. The van der Waals surface area contributed by atoms with Crippen molar-refractivity contribution in [3.05, 3.63) is 212 Å². The second-order valence-corrected chi connectivity index (χ2v) is 14.4. The Morgan fingerprint density at radius 1 is 0.421 bits per heavy atom. The van der Waals surface area contributed by atoms with Gasteiger partial charge in [0.05, 0.1) is 16.7 Å². The van der Waals surface area contributed by atoms with E-state index in [1.165, 1.54) is 27.4 Å². The van der Waals surface area contributed by atoms with Gasteiger partial charge in [-0.1, -0.05) is 140 Å². The first-order valence-corrected chi connectivity index (χ1v) is 19.3. The van der Waals surface area contributed by atoms with Gasteiger partial charge >= 0.3 is 0 Å². The zero-order valence-corrected chi connectivity index (χ0v) is 31.0. The number of anilines is 3. The first-order chi connectivity index (χ1) is 28.3. The molecule has 0 aliphatic rings. The second kappa shape index (κ2) is 13.6. The molecule has 0 radical (unpaired) electrons. The van der Waals surface area contributed by atoms with Crippen molar-refractivity contribution in [1.29, 1.82) is 0 Å². The van der Waals surface area contributed by atoms with E-state index < -0.39 is 0 Å². The topological polar surface area (TPSA) is 34.2 Å². The zero-order chi connectivity index (χ0) is 37.7. The first-order valence-electron chi connectivity index (χ1n) is 19.3. The molecule has 4 nitrogen and oxygen atoms in total. The van der Waals surface area contributed by atoms with E-state index in [-0.39, 0.29) is 0 Å². The third-order valence-corrected chi connectivity index (χ3v) is 11.0. The summed E-state index contributed by atoms with van der Waals surface area (Å²) in [7, 11) is 0. The predicted molar refractivity (Wildman–Crippen MR) is 237 cm³/mol. The molecule has 0 saturated heterocycles. The van der Waals surface area contributed by atoms with E-state index in [1.807, 2.05) is 36.4 Å². The van der Waals surface area contributed by atoms with Gasteiger partial charge in [-0.05, 0) is 100 Å². The van der Waals surface area contributed by atoms with Crippen LogP contribution in [0.2, 0.25) is 0 Å². The van der Waals surface area contributed by atoms with Gasteiger partial charge in [0.1, 0.15) is 5.52 Å². The van der Waals surface area contributed by atoms with Crippen molar-refractivity contribution in [1.82, 2.24) is 9.55 Å². The normalized spacial score (nSPS) is 11.5. The van der Waals surface area contributed by atoms with Crippen LogP contribution < -0.4 is 4.90 Å². The lowest BCUT2D eigenvalue weighted by atomic mass is 9.97. The fraction of sp³-hybridized carbons (Fsp3) is 0. The maximum atomic E-state index is 6.31. The van der Waals surface area contributed by atoms with Crippen LogP contribution in [0.15, 0.2) is 217 Å². The van der Waals surface area contributed by atoms with Crippen LogP contribution in [0.4, 0.5) is 17.1 Å². The summed E-state index contributed by atoms with van der Waals surface area (Å²) in [6, 6.07) is 75.2. The molecule has 11 rings (SSSR count). The molecular weight excluding hydrogens is 695 g/mol. The maximum Gasteiger partial charge on any atom is 0.227 e. The Labute approximate surface area is 330 Å². The van der Waals surface area contributed by atoms with Gasteiger partial charge in [0.25, 0.3) is 0 Å². The van der Waals surface area contributed by atoms with Gasteiger partial charge in [0.2, 0.25) is 5.89 Å². The molecule has 11 aromatic rings. The fourth-order valence-corrected chi connectivity index (χ4v) is 8.40. The van der Waals surface area contributed by atoms with E-state index in [1.54, 1.807) is 0 Å². The molecule has 0 amide bonds. The summed E-state index contributed by atoms with van der Waals surface area (Å²) in [5.41, 5.74) is 13.9. The number of para-hydroxylation sites is 2. The van der Waals surface area contributed by atoms with Crippen LogP contribution in [-0.2, 0) is 0 Å². The van der Waals surface area contributed by atoms with E-state index in [0.29, 0.717) is 5.89 Å². The molecule has 57 heavy (non-hydrogen) atoms. The number of hydrogen-bond acceptors (Lipinski definition) is 3. The Balaban J connectivity index is 1.09. The fourth-order valence-electron chi connectivity index (χ4n) is 8.40. The third-order valence-electron chi connectivity index (χ3n) is 11.0. The van der Waals surface area contributed by atoms with Crippen molar-refractivity contribution in [3.63, 3.8) is 0 Å². The molecule has 0 unspecified atom stereocenters. The molecule has 0 aliphatic heterocycles. The van der Waals surface area contributed by atoms with Gasteiger partial charge in [0.15, 0.2) is 5.58 Å². The number of aromatic nitrogens is 2. The highest BCUT2D eigenvalue weighted by Gasteiger charge is 2.22. The predicted octanol–water partition coefficient (Wildman–Crippen LogP) is 14.5. The molecule has 268 valence electrons. The van der Waals surface area contributed by atoms with Crippen LogP contribution >= 0.6 is 0 Å². The Morgan fingerprint density at radius 3 is 1.75 bits per heavy atom. The summed E-state index contributed by atoms with van der Waals surface area (Å²) < 4.78 is 8.69. The molecule has 0 atom stereocenters. The van der Waals surface area contributed by atoms with Gasteiger partial charge in [-0.2, -0.15) is 0 Å². The minimum absolute atomic E-state index is 0.625. The number of rotatable bonds is 7. The molecule has 0 N–H and O–H groups in total. The summed E-state index contributed by atoms with van der Waals surface area (Å²) in [5.74, 6) is 0.625. The molecule has 2 heterocycles. The molecule has 0 bridgehead atoms. The SMILES string of the molecule is c1ccc(-c2ccc(N(c3ccc(-c4cccc5ccc6oc(-c7ccccc7)nc6c45)cc3)c3cccc4c3c3ccccc3n4-c3ccccc3)cc2)cc1. The molecule has 2 aromatic heterocycles. The van der Waals surface area contributed by atoms with Crippen molar-refractivity contribution in [3.8, 4) is 39.4 Å². The smallest absolute Gasteiger partial charge is 0.227 e. The Bertz CT molecular complexity index is 3200. The third kappa shape index (κ3) is 5.58. The molecule has 9 aromatic carbocycles. The average Bonchev–Trinajstić information content (AvgIpc) is 3.88. The van der Waals surface area contributed by atoms with Crippen LogP contribution in [0.3, 0.4) is 0 Å². The first kappa shape index (κ1) is 32.7. The summed E-state index contributed by atoms with van der Waals surface area (Å²) in [5, 5.41) is 4.61. The highest BCUT2D eigenvalue weighted by atomic mass is 16.3. The molecule has 4 heteroatoms. The highest BCUT2D eigenvalue weighted by Crippen LogP contribution is 2.45. The zero-order valence-electron chi connectivity index (χ0n) is 31.0. The van der Waals surface area contributed by atoms with Gasteiger partial charge in [-0.15, -0.1) is 0 Å². The van der Waals surface area contributed by atoms with Crippen LogP contribution in [0.25, 0.3) is 83.1 Å². The molecular formula is C53H35N3O. The average molecular weight is 730 g/mol. The minimum Gasteiger partial charge on any atom is -0.436 e. The van der Waals surface area contributed by atoms with Crippen LogP contribution in [-0.4, -0.2) is 9.55 Å². The van der Waals surface area contributed by atoms with E-state index in [2.05, 4.69) is 185 Å². The molecule has 0 spiro atoms. The van der Waals surface area contributed by atoms with Crippen molar-refractivity contribution in [2.45, 2.75) is 0 Å². The Kier molecular flexibility index (Phi) is 7.78. The maximum absolute atomic E-state index is 6.31. The van der Waals surface area contributed by atoms with Crippen molar-refractivity contribution in [2.75, 3.05) is 4.90 Å². The Hall–Kier alpha value is -7.69. The number of hydrogen-bond donors (Lipinski definition) is 0. The number of fused-ring (bicyclic) bond motifs is 6. The van der Waals surface area contributed by atoms with Crippen LogP contribution in [0, 0.1) is 0 Å².